The summed E-state index contributed by atoms with van der Waals surface area (Å²) in [6.07, 6.45) is 3.95. The Morgan fingerprint density at radius 2 is 1.70 bits per heavy atom. The fourth-order valence-electron chi connectivity index (χ4n) is 2.33. The zero-order valence-electron chi connectivity index (χ0n) is 12.0. The summed E-state index contributed by atoms with van der Waals surface area (Å²) in [5.74, 6) is 2.30. The van der Waals surface area contributed by atoms with Crippen molar-refractivity contribution < 1.29 is 14.2 Å². The highest BCUT2D eigenvalue weighted by Crippen LogP contribution is 2.47. The van der Waals surface area contributed by atoms with E-state index >= 15 is 0 Å². The van der Waals surface area contributed by atoms with Crippen LogP contribution in [0.2, 0.25) is 0 Å². The summed E-state index contributed by atoms with van der Waals surface area (Å²) < 4.78 is 17.5. The Kier molecular flexibility index (Phi) is 4.55. The van der Waals surface area contributed by atoms with E-state index in [0.29, 0.717) is 0 Å². The third-order valence-electron chi connectivity index (χ3n) is 3.14. The summed E-state index contributed by atoms with van der Waals surface area (Å²) in [4.78, 5) is 0. The van der Waals surface area contributed by atoms with Gasteiger partial charge >= 0.3 is 0 Å². The van der Waals surface area contributed by atoms with Crippen molar-refractivity contribution in [2.75, 3.05) is 21.3 Å². The van der Waals surface area contributed by atoms with Crippen LogP contribution in [-0.2, 0) is 0 Å². The molecule has 2 aromatic rings. The predicted octanol–water partition coefficient (Wildman–Crippen LogP) is 4.66. The first-order chi connectivity index (χ1) is 9.69. The zero-order chi connectivity index (χ0) is 14.7. The van der Waals surface area contributed by atoms with Gasteiger partial charge in [0.25, 0.3) is 0 Å². The lowest BCUT2D eigenvalue weighted by molar-refractivity contribution is 0.398. The molecule has 0 spiro atoms. The van der Waals surface area contributed by atoms with Crippen molar-refractivity contribution >= 4 is 32.8 Å². The number of rotatable bonds is 4. The minimum Gasteiger partial charge on any atom is -0.496 e. The van der Waals surface area contributed by atoms with Crippen LogP contribution in [0.15, 0.2) is 28.7 Å². The summed E-state index contributed by atoms with van der Waals surface area (Å²) in [5, 5.41) is 1.86. The van der Waals surface area contributed by atoms with Crippen LogP contribution in [0.4, 0.5) is 0 Å². The number of fused-ring (bicyclic) bond motifs is 1. The van der Waals surface area contributed by atoms with Gasteiger partial charge in [0, 0.05) is 10.9 Å². The molecular formula is C16H17BrO3. The van der Waals surface area contributed by atoms with Gasteiger partial charge in [0.2, 0.25) is 0 Å². The fourth-order valence-corrected chi connectivity index (χ4v) is 3.01. The highest BCUT2D eigenvalue weighted by Gasteiger charge is 2.20. The van der Waals surface area contributed by atoms with Crippen molar-refractivity contribution in [3.8, 4) is 17.2 Å². The lowest BCUT2D eigenvalue weighted by atomic mass is 10.0. The number of hydrogen-bond acceptors (Lipinski definition) is 3. The van der Waals surface area contributed by atoms with Crippen molar-refractivity contribution in [1.29, 1.82) is 0 Å². The van der Waals surface area contributed by atoms with Crippen LogP contribution >= 0.6 is 15.9 Å². The maximum Gasteiger partial charge on any atom is 0.141 e. The summed E-state index contributed by atoms with van der Waals surface area (Å²) in [6.45, 7) is 1.96. The molecule has 0 saturated heterocycles. The first-order valence-corrected chi connectivity index (χ1v) is 7.01. The van der Waals surface area contributed by atoms with Gasteiger partial charge in [-0.05, 0) is 28.9 Å². The molecule has 3 nitrogen and oxygen atoms in total. The molecule has 2 rings (SSSR count). The molecule has 4 heteroatoms. The third kappa shape index (κ3) is 2.24. The second kappa shape index (κ2) is 6.18. The molecule has 0 unspecified atom stereocenters. The van der Waals surface area contributed by atoms with Crippen LogP contribution in [0.3, 0.4) is 0 Å². The van der Waals surface area contributed by atoms with Gasteiger partial charge < -0.3 is 14.2 Å². The molecule has 0 aliphatic heterocycles. The van der Waals surface area contributed by atoms with Gasteiger partial charge in [0.15, 0.2) is 0 Å². The SMILES string of the molecule is C/C=C/c1c(Br)c(OC)c2cccc(OC)c2c1OC. The maximum absolute atomic E-state index is 5.62. The van der Waals surface area contributed by atoms with Crippen LogP contribution in [-0.4, -0.2) is 21.3 Å². The van der Waals surface area contributed by atoms with Crippen molar-refractivity contribution in [3.05, 3.63) is 34.3 Å². The Hall–Kier alpha value is -1.68. The molecule has 0 amide bonds. The van der Waals surface area contributed by atoms with E-state index in [9.17, 15) is 0 Å². The van der Waals surface area contributed by atoms with E-state index in [2.05, 4.69) is 15.9 Å². The normalized spacial score (nSPS) is 11.1. The zero-order valence-corrected chi connectivity index (χ0v) is 13.6. The third-order valence-corrected chi connectivity index (χ3v) is 3.93. The Morgan fingerprint density at radius 3 is 2.25 bits per heavy atom. The Labute approximate surface area is 127 Å². The van der Waals surface area contributed by atoms with E-state index in [0.717, 1.165) is 38.1 Å². The Bertz CT molecular complexity index is 663. The molecule has 0 atom stereocenters. The summed E-state index contributed by atoms with van der Waals surface area (Å²) in [7, 11) is 4.97. The van der Waals surface area contributed by atoms with E-state index in [4.69, 9.17) is 14.2 Å². The standard InChI is InChI=1S/C16H17BrO3/c1-5-7-11-14(17)16(20-4)10-8-6-9-12(18-2)13(10)15(11)19-3/h5-9H,1-4H3/b7-5+. The Morgan fingerprint density at radius 1 is 1.00 bits per heavy atom. The van der Waals surface area contributed by atoms with Gasteiger partial charge in [0.05, 0.1) is 31.2 Å². The summed E-state index contributed by atoms with van der Waals surface area (Å²) in [6, 6.07) is 5.84. The van der Waals surface area contributed by atoms with Crippen LogP contribution in [0, 0.1) is 0 Å². The van der Waals surface area contributed by atoms with Gasteiger partial charge in [0.1, 0.15) is 17.2 Å². The quantitative estimate of drug-likeness (QED) is 0.812. The molecule has 0 aromatic heterocycles. The second-order valence-electron chi connectivity index (χ2n) is 4.18. The minimum absolute atomic E-state index is 0.760. The number of allylic oxidation sites excluding steroid dienone is 1. The fraction of sp³-hybridized carbons (Fsp3) is 0.250. The average Bonchev–Trinajstić information content (AvgIpc) is 2.48. The molecule has 0 aliphatic rings. The molecule has 0 heterocycles. The molecule has 0 aliphatic carbocycles. The van der Waals surface area contributed by atoms with Crippen LogP contribution in [0.25, 0.3) is 16.8 Å². The van der Waals surface area contributed by atoms with E-state index in [1.165, 1.54) is 0 Å². The van der Waals surface area contributed by atoms with E-state index in [1.807, 2.05) is 37.3 Å². The minimum atomic E-state index is 0.760. The molecular weight excluding hydrogens is 320 g/mol. The number of ether oxygens (including phenoxy) is 3. The van der Waals surface area contributed by atoms with Gasteiger partial charge in [-0.15, -0.1) is 0 Å². The molecule has 0 bridgehead atoms. The molecule has 0 radical (unpaired) electrons. The van der Waals surface area contributed by atoms with Crippen LogP contribution in [0.1, 0.15) is 12.5 Å². The van der Waals surface area contributed by atoms with E-state index in [-0.39, 0.29) is 0 Å². The largest absolute Gasteiger partial charge is 0.496 e. The van der Waals surface area contributed by atoms with Crippen molar-refractivity contribution in [1.82, 2.24) is 0 Å². The van der Waals surface area contributed by atoms with Crippen molar-refractivity contribution in [3.63, 3.8) is 0 Å². The summed E-state index contributed by atoms with van der Waals surface area (Å²) >= 11 is 3.60. The molecule has 0 fully saturated rings. The predicted molar refractivity (Wildman–Crippen MR) is 86.0 cm³/mol. The summed E-state index contributed by atoms with van der Waals surface area (Å²) in [5.41, 5.74) is 0.934. The Balaban J connectivity index is 3.03. The van der Waals surface area contributed by atoms with Crippen LogP contribution < -0.4 is 14.2 Å². The lowest BCUT2D eigenvalue weighted by Gasteiger charge is -2.17. The van der Waals surface area contributed by atoms with Gasteiger partial charge in [-0.2, -0.15) is 0 Å². The van der Waals surface area contributed by atoms with E-state index in [1.54, 1.807) is 21.3 Å². The first kappa shape index (κ1) is 14.7. The number of methoxy groups -OCH3 is 3. The topological polar surface area (TPSA) is 27.7 Å². The average molecular weight is 337 g/mol. The van der Waals surface area contributed by atoms with Gasteiger partial charge in [-0.25, -0.2) is 0 Å². The molecule has 20 heavy (non-hydrogen) atoms. The van der Waals surface area contributed by atoms with Gasteiger partial charge in [-0.1, -0.05) is 24.3 Å². The number of hydrogen-bond donors (Lipinski definition) is 0. The molecule has 2 aromatic carbocycles. The molecule has 0 saturated carbocycles. The highest BCUT2D eigenvalue weighted by molar-refractivity contribution is 9.10. The lowest BCUT2D eigenvalue weighted by Crippen LogP contribution is -1.97. The first-order valence-electron chi connectivity index (χ1n) is 6.22. The van der Waals surface area contributed by atoms with Crippen LogP contribution in [0.5, 0.6) is 17.2 Å². The second-order valence-corrected chi connectivity index (χ2v) is 4.97. The van der Waals surface area contributed by atoms with Crippen molar-refractivity contribution in [2.24, 2.45) is 0 Å². The van der Waals surface area contributed by atoms with Gasteiger partial charge in [-0.3, -0.25) is 0 Å². The smallest absolute Gasteiger partial charge is 0.141 e. The maximum atomic E-state index is 5.62. The number of benzene rings is 2. The molecule has 106 valence electrons. The highest BCUT2D eigenvalue weighted by atomic mass is 79.9. The number of halogens is 1. The monoisotopic (exact) mass is 336 g/mol. The molecule has 0 N–H and O–H groups in total. The van der Waals surface area contributed by atoms with Crippen molar-refractivity contribution in [2.45, 2.75) is 6.92 Å². The van der Waals surface area contributed by atoms with E-state index < -0.39 is 0 Å².